The van der Waals surface area contributed by atoms with Gasteiger partial charge in [-0.1, -0.05) is 48.5 Å². The standard InChI is InChI=1S/C22H28N4OS/c1-23-22(25-15-21(27)24-14-18-8-4-2-5-9-18)26-13-12-19(16-26)17-28-20-10-6-3-7-11-20/h2-11,19H,12-17H2,1H3,(H,23,25)(H,24,27). The molecular formula is C22H28N4OS. The van der Waals surface area contributed by atoms with Gasteiger partial charge in [-0.3, -0.25) is 9.79 Å². The lowest BCUT2D eigenvalue weighted by Gasteiger charge is -2.21. The number of nitrogens with zero attached hydrogens (tertiary/aromatic N) is 2. The van der Waals surface area contributed by atoms with E-state index >= 15 is 0 Å². The molecule has 148 valence electrons. The zero-order valence-corrected chi connectivity index (χ0v) is 17.1. The van der Waals surface area contributed by atoms with Crippen LogP contribution in [-0.4, -0.2) is 49.2 Å². The molecule has 3 rings (SSSR count). The van der Waals surface area contributed by atoms with Crippen molar-refractivity contribution in [2.75, 3.05) is 32.4 Å². The van der Waals surface area contributed by atoms with Gasteiger partial charge in [-0.05, 0) is 30.0 Å². The summed E-state index contributed by atoms with van der Waals surface area (Å²) in [5.74, 6) is 2.52. The third kappa shape index (κ3) is 6.30. The molecule has 1 atom stereocenters. The molecule has 0 bridgehead atoms. The van der Waals surface area contributed by atoms with E-state index in [4.69, 9.17) is 0 Å². The van der Waals surface area contributed by atoms with Crippen molar-refractivity contribution in [3.05, 3.63) is 66.2 Å². The molecule has 0 radical (unpaired) electrons. The molecule has 1 fully saturated rings. The molecule has 0 aromatic heterocycles. The maximum atomic E-state index is 12.1. The second-order valence-electron chi connectivity index (χ2n) is 6.89. The second kappa shape index (κ2) is 10.8. The summed E-state index contributed by atoms with van der Waals surface area (Å²) in [6, 6.07) is 20.5. The first-order chi connectivity index (χ1) is 13.7. The van der Waals surface area contributed by atoms with Crippen molar-refractivity contribution in [2.24, 2.45) is 10.9 Å². The minimum absolute atomic E-state index is 0.0274. The highest BCUT2D eigenvalue weighted by Crippen LogP contribution is 2.25. The maximum absolute atomic E-state index is 12.1. The molecule has 1 amide bonds. The highest BCUT2D eigenvalue weighted by Gasteiger charge is 2.25. The zero-order valence-electron chi connectivity index (χ0n) is 16.3. The number of rotatable bonds is 7. The van der Waals surface area contributed by atoms with Crippen LogP contribution in [0.15, 0.2) is 70.6 Å². The number of guanidine groups is 1. The minimum atomic E-state index is -0.0274. The van der Waals surface area contributed by atoms with Gasteiger partial charge in [0.2, 0.25) is 5.91 Å². The van der Waals surface area contributed by atoms with E-state index in [1.807, 2.05) is 48.2 Å². The van der Waals surface area contributed by atoms with Crippen LogP contribution in [-0.2, 0) is 11.3 Å². The van der Waals surface area contributed by atoms with E-state index in [1.54, 1.807) is 7.05 Å². The first-order valence-corrected chi connectivity index (χ1v) is 10.7. The van der Waals surface area contributed by atoms with Crippen LogP contribution in [0.25, 0.3) is 0 Å². The third-order valence-electron chi connectivity index (χ3n) is 4.77. The number of thioether (sulfide) groups is 1. The van der Waals surface area contributed by atoms with E-state index in [0.717, 1.165) is 36.8 Å². The van der Waals surface area contributed by atoms with Crippen molar-refractivity contribution >= 4 is 23.6 Å². The Morgan fingerprint density at radius 1 is 1.11 bits per heavy atom. The molecule has 2 N–H and O–H groups in total. The minimum Gasteiger partial charge on any atom is -0.350 e. The molecule has 1 aliphatic rings. The highest BCUT2D eigenvalue weighted by molar-refractivity contribution is 7.99. The van der Waals surface area contributed by atoms with Crippen LogP contribution in [0.1, 0.15) is 12.0 Å². The van der Waals surface area contributed by atoms with Gasteiger partial charge in [-0.15, -0.1) is 11.8 Å². The summed E-state index contributed by atoms with van der Waals surface area (Å²) in [6.07, 6.45) is 1.15. The molecule has 0 aliphatic carbocycles. The van der Waals surface area contributed by atoms with E-state index in [1.165, 1.54) is 4.90 Å². The van der Waals surface area contributed by atoms with Crippen LogP contribution in [0.5, 0.6) is 0 Å². The number of nitrogens with one attached hydrogen (secondary N) is 2. The number of aliphatic imine (C=N–C) groups is 1. The van der Waals surface area contributed by atoms with Crippen LogP contribution < -0.4 is 10.6 Å². The number of carbonyl (C=O) groups is 1. The van der Waals surface area contributed by atoms with Gasteiger partial charge in [-0.2, -0.15) is 0 Å². The van der Waals surface area contributed by atoms with Gasteiger partial charge < -0.3 is 15.5 Å². The molecule has 28 heavy (non-hydrogen) atoms. The lowest BCUT2D eigenvalue weighted by atomic mass is 10.2. The third-order valence-corrected chi connectivity index (χ3v) is 6.01. The quantitative estimate of drug-likeness (QED) is 0.429. The van der Waals surface area contributed by atoms with Gasteiger partial charge in [0.1, 0.15) is 0 Å². The number of hydrogen-bond acceptors (Lipinski definition) is 3. The van der Waals surface area contributed by atoms with Crippen molar-refractivity contribution in [1.82, 2.24) is 15.5 Å². The predicted octanol–water partition coefficient (Wildman–Crippen LogP) is 2.99. The molecule has 1 unspecified atom stereocenters. The average Bonchev–Trinajstić information content (AvgIpc) is 3.21. The second-order valence-corrected chi connectivity index (χ2v) is 7.98. The van der Waals surface area contributed by atoms with Crippen molar-refractivity contribution in [3.8, 4) is 0 Å². The molecule has 2 aromatic rings. The Morgan fingerprint density at radius 3 is 2.54 bits per heavy atom. The lowest BCUT2D eigenvalue weighted by Crippen LogP contribution is -2.44. The van der Waals surface area contributed by atoms with Crippen molar-refractivity contribution < 1.29 is 4.79 Å². The van der Waals surface area contributed by atoms with Crippen LogP contribution in [0.2, 0.25) is 0 Å². The zero-order chi connectivity index (χ0) is 19.6. The number of benzene rings is 2. The molecule has 1 aliphatic heterocycles. The molecule has 6 heteroatoms. The summed E-state index contributed by atoms with van der Waals surface area (Å²) >= 11 is 1.91. The van der Waals surface area contributed by atoms with Crippen LogP contribution >= 0.6 is 11.8 Å². The largest absolute Gasteiger partial charge is 0.350 e. The first kappa shape index (κ1) is 20.3. The summed E-state index contributed by atoms with van der Waals surface area (Å²) in [4.78, 5) is 20.1. The van der Waals surface area contributed by atoms with Crippen LogP contribution in [0.3, 0.4) is 0 Å². The Bertz CT molecular complexity index is 767. The van der Waals surface area contributed by atoms with Crippen LogP contribution in [0.4, 0.5) is 0 Å². The summed E-state index contributed by atoms with van der Waals surface area (Å²) in [5, 5.41) is 6.14. The SMILES string of the molecule is CN=C(NCC(=O)NCc1ccccc1)N1CCC(CSc2ccccc2)C1. The summed E-state index contributed by atoms with van der Waals surface area (Å²) in [7, 11) is 1.77. The Balaban J connectivity index is 1.38. The van der Waals surface area contributed by atoms with Crippen LogP contribution in [0, 0.1) is 5.92 Å². The van der Waals surface area contributed by atoms with Crippen molar-refractivity contribution in [1.29, 1.82) is 0 Å². The summed E-state index contributed by atoms with van der Waals surface area (Å²) in [6.45, 7) is 2.73. The number of carbonyl (C=O) groups excluding carboxylic acids is 1. The number of hydrogen-bond donors (Lipinski definition) is 2. The van der Waals surface area contributed by atoms with Gasteiger partial charge in [0.15, 0.2) is 5.96 Å². The van der Waals surface area contributed by atoms with E-state index < -0.39 is 0 Å². The van der Waals surface area contributed by atoms with E-state index in [2.05, 4.69) is 44.8 Å². The molecule has 1 heterocycles. The molecule has 1 saturated heterocycles. The molecule has 5 nitrogen and oxygen atoms in total. The first-order valence-electron chi connectivity index (χ1n) is 9.68. The molecule has 2 aromatic carbocycles. The fourth-order valence-corrected chi connectivity index (χ4v) is 4.29. The maximum Gasteiger partial charge on any atom is 0.239 e. The van der Waals surface area contributed by atoms with Gasteiger partial charge in [0.25, 0.3) is 0 Å². The van der Waals surface area contributed by atoms with Gasteiger partial charge >= 0.3 is 0 Å². The van der Waals surface area contributed by atoms with Gasteiger partial charge in [0.05, 0.1) is 6.54 Å². The molecule has 0 spiro atoms. The topological polar surface area (TPSA) is 56.7 Å². The average molecular weight is 397 g/mol. The smallest absolute Gasteiger partial charge is 0.239 e. The Kier molecular flexibility index (Phi) is 7.79. The fourth-order valence-electron chi connectivity index (χ4n) is 3.24. The summed E-state index contributed by atoms with van der Waals surface area (Å²) in [5.41, 5.74) is 1.10. The summed E-state index contributed by atoms with van der Waals surface area (Å²) < 4.78 is 0. The Hall–Kier alpha value is -2.47. The number of amides is 1. The van der Waals surface area contributed by atoms with Crippen molar-refractivity contribution in [2.45, 2.75) is 17.9 Å². The predicted molar refractivity (Wildman–Crippen MR) is 116 cm³/mol. The number of likely N-dealkylation sites (tertiary alicyclic amines) is 1. The van der Waals surface area contributed by atoms with E-state index in [-0.39, 0.29) is 12.5 Å². The van der Waals surface area contributed by atoms with Gasteiger partial charge in [-0.25, -0.2) is 0 Å². The fraction of sp³-hybridized carbons (Fsp3) is 0.364. The molecular weight excluding hydrogens is 368 g/mol. The Labute approximate surface area is 171 Å². The van der Waals surface area contributed by atoms with E-state index in [9.17, 15) is 4.79 Å². The van der Waals surface area contributed by atoms with Crippen molar-refractivity contribution in [3.63, 3.8) is 0 Å². The lowest BCUT2D eigenvalue weighted by molar-refractivity contribution is -0.120. The Morgan fingerprint density at radius 2 is 1.82 bits per heavy atom. The highest BCUT2D eigenvalue weighted by atomic mass is 32.2. The van der Waals surface area contributed by atoms with Gasteiger partial charge in [0, 0.05) is 37.3 Å². The van der Waals surface area contributed by atoms with E-state index in [0.29, 0.717) is 12.5 Å². The monoisotopic (exact) mass is 396 g/mol. The molecule has 0 saturated carbocycles. The normalized spacial score (nSPS) is 16.8.